The van der Waals surface area contributed by atoms with Crippen molar-refractivity contribution in [3.8, 4) is 5.75 Å². The molecule has 0 spiro atoms. The number of rotatable bonds is 5. The summed E-state index contributed by atoms with van der Waals surface area (Å²) in [5, 5.41) is 10.9. The van der Waals surface area contributed by atoms with Gasteiger partial charge >= 0.3 is 5.97 Å². The predicted molar refractivity (Wildman–Crippen MR) is 67.2 cm³/mol. The monoisotopic (exact) mass is 267 g/mol. The number of carboxylic acids is 1. The van der Waals surface area contributed by atoms with Crippen LogP contribution in [0.3, 0.4) is 0 Å². The number of benzene rings is 1. The number of nitrogens with one attached hydrogen (secondary N) is 1. The van der Waals surface area contributed by atoms with Crippen molar-refractivity contribution in [3.05, 3.63) is 35.7 Å². The molecular weight excluding hydrogens is 253 g/mol. The molecule has 0 saturated heterocycles. The first kappa shape index (κ1) is 14.7. The maximum absolute atomic E-state index is 13.4. The lowest BCUT2D eigenvalue weighted by Gasteiger charge is -2.06. The number of ether oxygens (including phenoxy) is 1. The molecule has 0 radical (unpaired) electrons. The highest BCUT2D eigenvalue weighted by Gasteiger charge is 2.11. The Labute approximate surface area is 109 Å². The van der Waals surface area contributed by atoms with Gasteiger partial charge in [-0.25, -0.2) is 4.39 Å². The number of carbonyl (C=O) groups is 2. The van der Waals surface area contributed by atoms with E-state index >= 15 is 0 Å². The molecule has 0 saturated carbocycles. The van der Waals surface area contributed by atoms with Gasteiger partial charge in [-0.15, -0.1) is 0 Å². The minimum absolute atomic E-state index is 0.112. The van der Waals surface area contributed by atoms with Crippen LogP contribution in [0.2, 0.25) is 0 Å². The first-order chi connectivity index (χ1) is 8.93. The zero-order valence-electron chi connectivity index (χ0n) is 10.5. The molecule has 19 heavy (non-hydrogen) atoms. The molecular formula is C13H14FNO4. The quantitative estimate of drug-likeness (QED) is 0.791. The minimum Gasteiger partial charge on any atom is -0.494 e. The molecule has 0 bridgehead atoms. The number of methoxy groups -OCH3 is 1. The van der Waals surface area contributed by atoms with E-state index in [0.29, 0.717) is 5.56 Å². The highest BCUT2D eigenvalue weighted by Crippen LogP contribution is 2.18. The van der Waals surface area contributed by atoms with Gasteiger partial charge in [0.25, 0.3) is 0 Å². The summed E-state index contributed by atoms with van der Waals surface area (Å²) in [5.74, 6) is -2.12. The lowest BCUT2D eigenvalue weighted by atomic mass is 10.2. The van der Waals surface area contributed by atoms with Crippen LogP contribution in [0.25, 0.3) is 6.08 Å². The van der Waals surface area contributed by atoms with Crippen LogP contribution >= 0.6 is 0 Å². The Balaban J connectivity index is 2.68. The Hall–Kier alpha value is -2.37. The zero-order chi connectivity index (χ0) is 14.4. The number of carbonyl (C=O) groups excluding carboxylic acids is 1. The van der Waals surface area contributed by atoms with Crippen molar-refractivity contribution in [2.24, 2.45) is 0 Å². The Bertz CT molecular complexity index is 513. The molecule has 0 heterocycles. The summed E-state index contributed by atoms with van der Waals surface area (Å²) in [6.45, 7) is 1.35. The average Bonchev–Trinajstić information content (AvgIpc) is 2.36. The van der Waals surface area contributed by atoms with Crippen LogP contribution in [-0.4, -0.2) is 30.1 Å². The predicted octanol–water partition coefficient (Wildman–Crippen LogP) is 1.44. The molecule has 0 aliphatic rings. The second kappa shape index (κ2) is 6.53. The van der Waals surface area contributed by atoms with Crippen molar-refractivity contribution in [1.82, 2.24) is 5.32 Å². The van der Waals surface area contributed by atoms with Gasteiger partial charge in [0.2, 0.25) is 5.91 Å². The summed E-state index contributed by atoms with van der Waals surface area (Å²) in [6.07, 6.45) is 2.52. The van der Waals surface area contributed by atoms with E-state index in [-0.39, 0.29) is 5.75 Å². The van der Waals surface area contributed by atoms with Gasteiger partial charge in [-0.2, -0.15) is 0 Å². The van der Waals surface area contributed by atoms with Crippen molar-refractivity contribution in [2.45, 2.75) is 13.0 Å². The lowest BCUT2D eigenvalue weighted by molar-refractivity contribution is -0.140. The summed E-state index contributed by atoms with van der Waals surface area (Å²) in [7, 11) is 1.36. The Morgan fingerprint density at radius 2 is 2.16 bits per heavy atom. The third kappa shape index (κ3) is 4.42. The topological polar surface area (TPSA) is 75.6 Å². The number of hydrogen-bond acceptors (Lipinski definition) is 3. The Kier molecular flexibility index (Phi) is 5.05. The van der Waals surface area contributed by atoms with Crippen LogP contribution in [-0.2, 0) is 9.59 Å². The number of halogens is 1. The molecule has 0 aliphatic carbocycles. The molecule has 1 rings (SSSR count). The number of carboxylic acid groups (broad SMARTS) is 1. The molecule has 1 atom stereocenters. The van der Waals surface area contributed by atoms with Gasteiger partial charge < -0.3 is 15.2 Å². The van der Waals surface area contributed by atoms with Gasteiger partial charge in [0, 0.05) is 6.08 Å². The highest BCUT2D eigenvalue weighted by atomic mass is 19.1. The molecule has 1 amide bonds. The van der Waals surface area contributed by atoms with Crippen molar-refractivity contribution < 1.29 is 23.8 Å². The van der Waals surface area contributed by atoms with E-state index in [4.69, 9.17) is 9.84 Å². The van der Waals surface area contributed by atoms with E-state index in [2.05, 4.69) is 5.32 Å². The maximum atomic E-state index is 13.4. The highest BCUT2D eigenvalue weighted by molar-refractivity contribution is 5.94. The lowest BCUT2D eigenvalue weighted by Crippen LogP contribution is -2.37. The number of amides is 1. The van der Waals surface area contributed by atoms with Gasteiger partial charge in [-0.1, -0.05) is 6.07 Å². The largest absolute Gasteiger partial charge is 0.494 e. The van der Waals surface area contributed by atoms with E-state index in [1.165, 1.54) is 32.2 Å². The standard InChI is InChI=1S/C13H14FNO4/c1-8(13(17)18)15-12(16)6-4-9-3-5-11(19-2)10(14)7-9/h3-8H,1-2H3,(H,15,16)(H,17,18)/t8-/m1/s1. The van der Waals surface area contributed by atoms with Crippen molar-refractivity contribution in [1.29, 1.82) is 0 Å². The Morgan fingerprint density at radius 1 is 1.47 bits per heavy atom. The third-order valence-corrected chi connectivity index (χ3v) is 2.33. The summed E-state index contributed by atoms with van der Waals surface area (Å²) >= 11 is 0. The van der Waals surface area contributed by atoms with Crippen LogP contribution in [0, 0.1) is 5.82 Å². The summed E-state index contributed by atoms with van der Waals surface area (Å²) in [6, 6.07) is 3.24. The smallest absolute Gasteiger partial charge is 0.325 e. The fourth-order valence-corrected chi connectivity index (χ4v) is 1.28. The summed E-state index contributed by atoms with van der Waals surface area (Å²) in [5.41, 5.74) is 0.469. The van der Waals surface area contributed by atoms with Crippen molar-refractivity contribution in [3.63, 3.8) is 0 Å². The number of aliphatic carboxylic acids is 1. The van der Waals surface area contributed by atoms with Gasteiger partial charge in [0.15, 0.2) is 11.6 Å². The van der Waals surface area contributed by atoms with E-state index < -0.39 is 23.7 Å². The normalized spacial score (nSPS) is 12.2. The second-order valence-electron chi connectivity index (χ2n) is 3.80. The minimum atomic E-state index is -1.13. The van der Waals surface area contributed by atoms with Crippen LogP contribution in [0.5, 0.6) is 5.75 Å². The number of hydrogen-bond donors (Lipinski definition) is 2. The first-order valence-electron chi connectivity index (χ1n) is 5.49. The molecule has 0 unspecified atom stereocenters. The molecule has 0 aliphatic heterocycles. The molecule has 0 aromatic heterocycles. The van der Waals surface area contributed by atoms with Gasteiger partial charge in [0.1, 0.15) is 6.04 Å². The third-order valence-electron chi connectivity index (χ3n) is 2.33. The van der Waals surface area contributed by atoms with E-state index in [1.54, 1.807) is 6.07 Å². The van der Waals surface area contributed by atoms with Crippen LogP contribution < -0.4 is 10.1 Å². The van der Waals surface area contributed by atoms with E-state index in [0.717, 1.165) is 6.08 Å². The Morgan fingerprint density at radius 3 is 2.68 bits per heavy atom. The SMILES string of the molecule is COc1ccc(C=CC(=O)N[C@H](C)C(=O)O)cc1F. The van der Waals surface area contributed by atoms with Crippen LogP contribution in [0.1, 0.15) is 12.5 Å². The fourth-order valence-electron chi connectivity index (χ4n) is 1.28. The van der Waals surface area contributed by atoms with Crippen LogP contribution in [0.15, 0.2) is 24.3 Å². The molecule has 1 aromatic rings. The van der Waals surface area contributed by atoms with Gasteiger partial charge in [-0.3, -0.25) is 9.59 Å². The first-order valence-corrected chi connectivity index (χ1v) is 5.49. The molecule has 6 heteroatoms. The van der Waals surface area contributed by atoms with Crippen molar-refractivity contribution >= 4 is 18.0 Å². The van der Waals surface area contributed by atoms with Gasteiger partial charge in [-0.05, 0) is 30.7 Å². The summed E-state index contributed by atoms with van der Waals surface area (Å²) < 4.78 is 18.1. The average molecular weight is 267 g/mol. The van der Waals surface area contributed by atoms with E-state index in [1.807, 2.05) is 0 Å². The van der Waals surface area contributed by atoms with Gasteiger partial charge in [0.05, 0.1) is 7.11 Å². The molecule has 0 fully saturated rings. The molecule has 102 valence electrons. The molecule has 1 aromatic carbocycles. The maximum Gasteiger partial charge on any atom is 0.325 e. The zero-order valence-corrected chi connectivity index (χ0v) is 10.5. The van der Waals surface area contributed by atoms with E-state index in [9.17, 15) is 14.0 Å². The second-order valence-corrected chi connectivity index (χ2v) is 3.80. The molecule has 5 nitrogen and oxygen atoms in total. The van der Waals surface area contributed by atoms with Crippen molar-refractivity contribution in [2.75, 3.05) is 7.11 Å². The van der Waals surface area contributed by atoms with Crippen LogP contribution in [0.4, 0.5) is 4.39 Å². The summed E-state index contributed by atoms with van der Waals surface area (Å²) in [4.78, 5) is 21.9. The fraction of sp³-hybridized carbons (Fsp3) is 0.231. The molecule has 2 N–H and O–H groups in total.